The molecule has 5 rings (SSSR count). The Morgan fingerprint density at radius 2 is 1.85 bits per heavy atom. The van der Waals surface area contributed by atoms with E-state index in [1.807, 2.05) is 54.7 Å². The number of fused-ring (bicyclic) bond motifs is 2. The van der Waals surface area contributed by atoms with Gasteiger partial charge in [-0.05, 0) is 71.6 Å². The van der Waals surface area contributed by atoms with Crippen LogP contribution in [0.15, 0.2) is 71.7 Å². The zero-order valence-corrected chi connectivity index (χ0v) is 24.2. The van der Waals surface area contributed by atoms with Crippen LogP contribution in [0.4, 0.5) is 10.7 Å². The molecule has 5 heteroatoms. The Morgan fingerprint density at radius 1 is 1.08 bits per heavy atom. The molecule has 1 aliphatic rings. The molecule has 3 aromatic carbocycles. The average Bonchev–Trinajstić information content (AvgIpc) is 3.30. The highest BCUT2D eigenvalue weighted by atomic mass is 32.1. The second-order valence-electron chi connectivity index (χ2n) is 11.5. The number of hydrogen-bond donors (Lipinski definition) is 1. The molecule has 1 aromatic heterocycles. The topological polar surface area (TPSA) is 50.7 Å². The molecule has 0 spiro atoms. The number of benzene rings is 3. The van der Waals surface area contributed by atoms with Crippen LogP contribution in [0.2, 0.25) is 0 Å². The van der Waals surface area contributed by atoms with Crippen molar-refractivity contribution in [2.75, 3.05) is 11.9 Å². The average molecular weight is 539 g/mol. The maximum Gasteiger partial charge on any atom is 0.259 e. The van der Waals surface area contributed by atoms with Gasteiger partial charge in [-0.2, -0.15) is 0 Å². The van der Waals surface area contributed by atoms with Crippen LogP contribution >= 0.6 is 11.3 Å². The zero-order chi connectivity index (χ0) is 27.4. The predicted molar refractivity (Wildman–Crippen MR) is 165 cm³/mol. The summed E-state index contributed by atoms with van der Waals surface area (Å²) in [6, 6.07) is 22.1. The van der Waals surface area contributed by atoms with Gasteiger partial charge in [0, 0.05) is 22.3 Å². The molecule has 0 saturated heterocycles. The number of carbonyl (C=O) groups is 1. The number of nitrogens with one attached hydrogen (secondary N) is 1. The van der Waals surface area contributed by atoms with Gasteiger partial charge in [-0.3, -0.25) is 4.79 Å². The van der Waals surface area contributed by atoms with Gasteiger partial charge in [0.15, 0.2) is 0 Å². The Kier molecular flexibility index (Phi) is 8.18. The zero-order valence-electron chi connectivity index (χ0n) is 23.4. The number of para-hydroxylation sites is 1. The molecule has 0 bridgehead atoms. The Bertz CT molecular complexity index is 1480. The second-order valence-corrected chi connectivity index (χ2v) is 12.6. The smallest absolute Gasteiger partial charge is 0.259 e. The predicted octanol–water partition coefficient (Wildman–Crippen LogP) is 9.23. The summed E-state index contributed by atoms with van der Waals surface area (Å²) in [6.07, 6.45) is 6.96. The Balaban J connectivity index is 1.56. The van der Waals surface area contributed by atoms with Crippen molar-refractivity contribution in [3.05, 3.63) is 88.3 Å². The summed E-state index contributed by atoms with van der Waals surface area (Å²) in [4.78, 5) is 20.0. The highest BCUT2D eigenvalue weighted by Gasteiger charge is 2.33. The fraction of sp³-hybridized carbons (Fsp3) is 0.353. The molecule has 1 amide bonds. The fourth-order valence-electron chi connectivity index (χ4n) is 5.34. The number of carbonyl (C=O) groups excluding carboxylic acids is 1. The Hall–Kier alpha value is -3.44. The van der Waals surface area contributed by atoms with Gasteiger partial charge in [0.2, 0.25) is 0 Å². The Labute approximate surface area is 236 Å². The summed E-state index contributed by atoms with van der Waals surface area (Å²) in [5.74, 6) is 1.33. The molecule has 1 aliphatic carbocycles. The van der Waals surface area contributed by atoms with Gasteiger partial charge in [-0.15, -0.1) is 11.3 Å². The van der Waals surface area contributed by atoms with Crippen LogP contribution < -0.4 is 10.1 Å². The lowest BCUT2D eigenvalue weighted by Gasteiger charge is -2.33. The molecular formula is C34H38N2O2S. The lowest BCUT2D eigenvalue weighted by molar-refractivity contribution is 0.102. The molecule has 202 valence electrons. The second kappa shape index (κ2) is 11.7. The number of hydrogen-bond acceptors (Lipinski definition) is 4. The normalized spacial score (nSPS) is 15.4. The van der Waals surface area contributed by atoms with Crippen molar-refractivity contribution in [2.45, 2.75) is 59.8 Å². The van der Waals surface area contributed by atoms with Crippen molar-refractivity contribution >= 4 is 44.9 Å². The molecule has 39 heavy (non-hydrogen) atoms. The molecule has 4 nitrogen and oxygen atoms in total. The number of rotatable bonds is 8. The minimum atomic E-state index is -0.0857. The molecule has 1 atom stereocenters. The van der Waals surface area contributed by atoms with Crippen molar-refractivity contribution in [1.82, 2.24) is 0 Å². The van der Waals surface area contributed by atoms with Crippen molar-refractivity contribution in [2.24, 2.45) is 16.3 Å². The third kappa shape index (κ3) is 6.09. The monoisotopic (exact) mass is 538 g/mol. The molecular weight excluding hydrogens is 500 g/mol. The van der Waals surface area contributed by atoms with E-state index in [0.29, 0.717) is 12.5 Å². The van der Waals surface area contributed by atoms with Crippen molar-refractivity contribution in [3.63, 3.8) is 0 Å². The van der Waals surface area contributed by atoms with Gasteiger partial charge in [-0.1, -0.05) is 82.6 Å². The SMILES string of the molecule is CCCCOc1ccc2ccccc2c1C=Nc1sc2c(c1C(=O)Nc1ccccc1)CC[C@H](C(C)(C)C)C2. The lowest BCUT2D eigenvalue weighted by Crippen LogP contribution is -2.27. The quantitative estimate of drug-likeness (QED) is 0.180. The first-order valence-electron chi connectivity index (χ1n) is 14.0. The lowest BCUT2D eigenvalue weighted by atomic mass is 9.72. The van der Waals surface area contributed by atoms with Crippen molar-refractivity contribution < 1.29 is 9.53 Å². The van der Waals surface area contributed by atoms with Crippen molar-refractivity contribution in [3.8, 4) is 5.75 Å². The highest BCUT2D eigenvalue weighted by Crippen LogP contribution is 2.45. The van der Waals surface area contributed by atoms with E-state index in [4.69, 9.17) is 9.73 Å². The minimum Gasteiger partial charge on any atom is -0.493 e. The number of thiophene rings is 1. The van der Waals surface area contributed by atoms with E-state index in [9.17, 15) is 4.79 Å². The summed E-state index contributed by atoms with van der Waals surface area (Å²) in [5.41, 5.74) is 3.86. The summed E-state index contributed by atoms with van der Waals surface area (Å²) < 4.78 is 6.20. The maximum atomic E-state index is 13.7. The molecule has 0 radical (unpaired) electrons. The van der Waals surface area contributed by atoms with Crippen LogP contribution in [0.5, 0.6) is 5.75 Å². The number of anilines is 1. The molecule has 0 fully saturated rings. The van der Waals surface area contributed by atoms with Gasteiger partial charge in [0.25, 0.3) is 5.91 Å². The van der Waals surface area contributed by atoms with E-state index in [0.717, 1.165) is 70.4 Å². The number of nitrogens with zero attached hydrogens (tertiary/aromatic N) is 1. The van der Waals surface area contributed by atoms with Crippen LogP contribution in [-0.4, -0.2) is 18.7 Å². The molecule has 0 unspecified atom stereocenters. The van der Waals surface area contributed by atoms with Gasteiger partial charge in [0.05, 0.1) is 12.2 Å². The van der Waals surface area contributed by atoms with Crippen molar-refractivity contribution in [1.29, 1.82) is 0 Å². The first kappa shape index (κ1) is 27.1. The van der Waals surface area contributed by atoms with Crippen LogP contribution in [0.1, 0.15) is 73.3 Å². The van der Waals surface area contributed by atoms with Crippen LogP contribution in [-0.2, 0) is 12.8 Å². The van der Waals surface area contributed by atoms with Crippen LogP contribution in [0.3, 0.4) is 0 Å². The van der Waals surface area contributed by atoms with E-state index >= 15 is 0 Å². The minimum absolute atomic E-state index is 0.0857. The maximum absolute atomic E-state index is 13.7. The van der Waals surface area contributed by atoms with E-state index < -0.39 is 0 Å². The molecule has 0 saturated carbocycles. The third-order valence-corrected chi connectivity index (χ3v) is 8.89. The third-order valence-electron chi connectivity index (χ3n) is 7.73. The van der Waals surface area contributed by atoms with Gasteiger partial charge in [-0.25, -0.2) is 4.99 Å². The molecule has 0 aliphatic heterocycles. The van der Waals surface area contributed by atoms with Gasteiger partial charge < -0.3 is 10.1 Å². The van der Waals surface area contributed by atoms with E-state index in [1.165, 1.54) is 10.4 Å². The number of unbranched alkanes of at least 4 members (excludes halogenated alkanes) is 1. The van der Waals surface area contributed by atoms with Gasteiger partial charge >= 0.3 is 0 Å². The summed E-state index contributed by atoms with van der Waals surface area (Å²) in [7, 11) is 0. The highest BCUT2D eigenvalue weighted by molar-refractivity contribution is 7.16. The van der Waals surface area contributed by atoms with Gasteiger partial charge in [0.1, 0.15) is 10.8 Å². The first-order valence-corrected chi connectivity index (χ1v) is 14.9. The molecule has 1 N–H and O–H groups in total. The number of aliphatic imine (C=N–C) groups is 1. The number of ether oxygens (including phenoxy) is 1. The van der Waals surface area contributed by atoms with E-state index in [-0.39, 0.29) is 11.3 Å². The summed E-state index contributed by atoms with van der Waals surface area (Å²) in [6.45, 7) is 9.79. The largest absolute Gasteiger partial charge is 0.493 e. The van der Waals surface area contributed by atoms with E-state index in [2.05, 4.69) is 51.2 Å². The van der Waals surface area contributed by atoms with Crippen LogP contribution in [0, 0.1) is 11.3 Å². The fourth-order valence-corrected chi connectivity index (χ4v) is 6.60. The molecule has 4 aromatic rings. The summed E-state index contributed by atoms with van der Waals surface area (Å²) in [5, 5.41) is 6.13. The summed E-state index contributed by atoms with van der Waals surface area (Å²) >= 11 is 1.67. The standard InChI is InChI=1S/C34H38N2O2S/c1-5-6-20-38-29-19-16-23-12-10-11-15-26(23)28(29)22-35-33-31(32(37)36-25-13-8-7-9-14-25)27-18-17-24(34(2,3)4)21-30(27)39-33/h7-16,19,22,24H,5-6,17-18,20-21H2,1-4H3,(H,36,37)/t24-/m0/s1. The molecule has 1 heterocycles. The first-order chi connectivity index (χ1) is 18.8. The van der Waals surface area contributed by atoms with E-state index in [1.54, 1.807) is 11.3 Å². The van der Waals surface area contributed by atoms with Crippen LogP contribution in [0.25, 0.3) is 10.8 Å². The number of amides is 1. The Morgan fingerprint density at radius 3 is 2.62 bits per heavy atom.